The smallest absolute Gasteiger partial charge is 0.269 e. The minimum atomic E-state index is -0.821. The Bertz CT molecular complexity index is 610. The zero-order chi connectivity index (χ0) is 14.5. The molecule has 7 nitrogen and oxygen atoms in total. The van der Waals surface area contributed by atoms with E-state index in [1.807, 2.05) is 0 Å². The van der Waals surface area contributed by atoms with Gasteiger partial charge in [-0.2, -0.15) is 0 Å². The number of hydrogen-bond donors (Lipinski definition) is 2. The summed E-state index contributed by atoms with van der Waals surface area (Å²) in [7, 11) is 0. The third kappa shape index (κ3) is 1.82. The van der Waals surface area contributed by atoms with E-state index in [2.05, 4.69) is 10.6 Å². The second-order valence-corrected chi connectivity index (χ2v) is 5.45. The fourth-order valence-electron chi connectivity index (χ4n) is 3.05. The first-order valence-corrected chi connectivity index (χ1v) is 6.28. The molecule has 1 unspecified atom stereocenters. The molecule has 3 aliphatic rings. The molecule has 1 atom stereocenters. The summed E-state index contributed by atoms with van der Waals surface area (Å²) in [5.41, 5.74) is -0.159. The van der Waals surface area contributed by atoms with Gasteiger partial charge in [-0.1, -0.05) is 12.1 Å². The molecule has 7 heteroatoms. The van der Waals surface area contributed by atoms with Crippen molar-refractivity contribution in [3.8, 4) is 0 Å². The Balaban J connectivity index is 2.02. The number of nitro groups is 1. The second-order valence-electron chi connectivity index (χ2n) is 5.45. The molecule has 1 aromatic carbocycles. The fourth-order valence-corrected chi connectivity index (χ4v) is 3.05. The number of piperidine rings is 2. The van der Waals surface area contributed by atoms with E-state index in [1.165, 1.54) is 12.1 Å². The maximum absolute atomic E-state index is 12.0. The molecule has 20 heavy (non-hydrogen) atoms. The van der Waals surface area contributed by atoms with Crippen LogP contribution in [0.15, 0.2) is 24.3 Å². The Morgan fingerprint density at radius 3 is 2.50 bits per heavy atom. The van der Waals surface area contributed by atoms with Crippen LogP contribution in [0.3, 0.4) is 0 Å². The van der Waals surface area contributed by atoms with Crippen LogP contribution in [0.2, 0.25) is 0 Å². The van der Waals surface area contributed by atoms with E-state index in [4.69, 9.17) is 0 Å². The van der Waals surface area contributed by atoms with Gasteiger partial charge in [0.1, 0.15) is 11.6 Å². The summed E-state index contributed by atoms with van der Waals surface area (Å²) in [5.74, 6) is -1.79. The molecule has 3 heterocycles. The van der Waals surface area contributed by atoms with Gasteiger partial charge < -0.3 is 10.6 Å². The molecule has 2 N–H and O–H groups in total. The van der Waals surface area contributed by atoms with Crippen LogP contribution in [0.5, 0.6) is 0 Å². The number of carbonyl (C=O) groups is 2. The third-order valence-corrected chi connectivity index (χ3v) is 3.90. The quantitative estimate of drug-likeness (QED) is 0.470. The maximum Gasteiger partial charge on any atom is 0.269 e. The predicted molar refractivity (Wildman–Crippen MR) is 68.6 cm³/mol. The number of nitrogens with one attached hydrogen (secondary N) is 2. The van der Waals surface area contributed by atoms with E-state index in [1.54, 1.807) is 19.1 Å². The molecular weight excluding hydrogens is 262 g/mol. The molecule has 3 saturated heterocycles. The lowest BCUT2D eigenvalue weighted by molar-refractivity contribution is -0.384. The molecule has 3 fully saturated rings. The Kier molecular flexibility index (Phi) is 2.53. The van der Waals surface area contributed by atoms with Crippen molar-refractivity contribution in [3.63, 3.8) is 0 Å². The van der Waals surface area contributed by atoms with Crippen molar-refractivity contribution >= 4 is 17.5 Å². The number of amides is 2. The molecule has 2 amide bonds. The minimum absolute atomic E-state index is 0.0325. The van der Waals surface area contributed by atoms with Crippen LogP contribution in [0.1, 0.15) is 24.8 Å². The van der Waals surface area contributed by atoms with Crippen LogP contribution in [0.25, 0.3) is 0 Å². The second kappa shape index (κ2) is 4.03. The SMILES string of the molecule is CC12CC(c3cccc([N+](=O)[O-])c3)C(C(=O)N1)C(=O)N2. The Morgan fingerprint density at radius 1 is 1.30 bits per heavy atom. The van der Waals surface area contributed by atoms with Crippen molar-refractivity contribution in [2.75, 3.05) is 0 Å². The highest BCUT2D eigenvalue weighted by atomic mass is 16.6. The van der Waals surface area contributed by atoms with Gasteiger partial charge in [-0.3, -0.25) is 19.7 Å². The summed E-state index contributed by atoms with van der Waals surface area (Å²) in [6, 6.07) is 6.14. The van der Waals surface area contributed by atoms with Crippen molar-refractivity contribution in [2.24, 2.45) is 5.92 Å². The van der Waals surface area contributed by atoms with Gasteiger partial charge in [0.15, 0.2) is 0 Å². The van der Waals surface area contributed by atoms with Crippen LogP contribution in [-0.2, 0) is 9.59 Å². The first kappa shape index (κ1) is 12.6. The largest absolute Gasteiger partial charge is 0.333 e. The zero-order valence-corrected chi connectivity index (χ0v) is 10.8. The number of hydrogen-bond acceptors (Lipinski definition) is 4. The predicted octanol–water partition coefficient (Wildman–Crippen LogP) is 0.660. The number of fused-ring (bicyclic) bond motifs is 3. The number of non-ortho nitro benzene ring substituents is 1. The highest BCUT2D eigenvalue weighted by Gasteiger charge is 2.53. The summed E-state index contributed by atoms with van der Waals surface area (Å²) in [6.07, 6.45) is 0.524. The van der Waals surface area contributed by atoms with Gasteiger partial charge in [0.05, 0.1) is 4.92 Å². The normalized spacial score (nSPS) is 31.6. The van der Waals surface area contributed by atoms with Gasteiger partial charge in [0.25, 0.3) is 5.69 Å². The van der Waals surface area contributed by atoms with Crippen LogP contribution in [-0.4, -0.2) is 22.4 Å². The van der Waals surface area contributed by atoms with E-state index in [9.17, 15) is 19.7 Å². The monoisotopic (exact) mass is 275 g/mol. The van der Waals surface area contributed by atoms with Gasteiger partial charge >= 0.3 is 0 Å². The fraction of sp³-hybridized carbons (Fsp3) is 0.385. The number of benzene rings is 1. The van der Waals surface area contributed by atoms with Crippen molar-refractivity contribution in [1.82, 2.24) is 10.6 Å². The summed E-state index contributed by atoms with van der Waals surface area (Å²) in [6.45, 7) is 1.74. The standard InChI is InChI=1S/C13H13N3O4/c1-13-6-9(10(11(17)14-13)12(18)15-13)7-3-2-4-8(5-7)16(19)20/h2-5,9-10H,6H2,1H3,(H,14,17)(H,15,18). The Hall–Kier alpha value is -2.44. The van der Waals surface area contributed by atoms with Crippen LogP contribution < -0.4 is 10.6 Å². The van der Waals surface area contributed by atoms with Crippen molar-refractivity contribution < 1.29 is 14.5 Å². The molecule has 2 bridgehead atoms. The topological polar surface area (TPSA) is 101 Å². The van der Waals surface area contributed by atoms with Crippen LogP contribution in [0, 0.1) is 16.0 Å². The number of rotatable bonds is 2. The molecule has 0 radical (unpaired) electrons. The van der Waals surface area contributed by atoms with Gasteiger partial charge in [0.2, 0.25) is 11.8 Å². The molecule has 3 aliphatic heterocycles. The average molecular weight is 275 g/mol. The molecule has 1 aromatic rings. The molecular formula is C13H13N3O4. The first-order valence-electron chi connectivity index (χ1n) is 6.28. The van der Waals surface area contributed by atoms with Crippen molar-refractivity contribution in [2.45, 2.75) is 24.9 Å². The van der Waals surface area contributed by atoms with Gasteiger partial charge in [-0.15, -0.1) is 0 Å². The van der Waals surface area contributed by atoms with E-state index < -0.39 is 16.5 Å². The van der Waals surface area contributed by atoms with E-state index in [0.29, 0.717) is 12.0 Å². The Morgan fingerprint density at radius 2 is 1.95 bits per heavy atom. The van der Waals surface area contributed by atoms with Crippen LogP contribution >= 0.6 is 0 Å². The molecule has 0 aliphatic carbocycles. The van der Waals surface area contributed by atoms with Gasteiger partial charge in [-0.05, 0) is 18.9 Å². The molecule has 104 valence electrons. The minimum Gasteiger partial charge on any atom is -0.333 e. The lowest BCUT2D eigenvalue weighted by Gasteiger charge is -2.48. The average Bonchev–Trinajstić information content (AvgIpc) is 2.36. The summed E-state index contributed by atoms with van der Waals surface area (Å²) >= 11 is 0. The highest BCUT2D eigenvalue weighted by Crippen LogP contribution is 2.41. The van der Waals surface area contributed by atoms with Crippen molar-refractivity contribution in [3.05, 3.63) is 39.9 Å². The van der Waals surface area contributed by atoms with Gasteiger partial charge in [-0.25, -0.2) is 0 Å². The maximum atomic E-state index is 12.0. The van der Waals surface area contributed by atoms with E-state index >= 15 is 0 Å². The number of nitro benzene ring substituents is 1. The zero-order valence-electron chi connectivity index (χ0n) is 10.8. The summed E-state index contributed by atoms with van der Waals surface area (Å²) < 4.78 is 0. The molecule has 4 rings (SSSR count). The molecule has 0 spiro atoms. The van der Waals surface area contributed by atoms with Gasteiger partial charge in [0, 0.05) is 18.1 Å². The molecule has 0 aromatic heterocycles. The van der Waals surface area contributed by atoms with Crippen LogP contribution in [0.4, 0.5) is 5.69 Å². The highest BCUT2D eigenvalue weighted by molar-refractivity contribution is 6.05. The Labute approximate surface area is 114 Å². The summed E-state index contributed by atoms with van der Waals surface area (Å²) in [5, 5.41) is 16.3. The van der Waals surface area contributed by atoms with Crippen molar-refractivity contribution in [1.29, 1.82) is 0 Å². The van der Waals surface area contributed by atoms with E-state index in [-0.39, 0.29) is 23.4 Å². The first-order chi connectivity index (χ1) is 9.39. The third-order valence-electron chi connectivity index (χ3n) is 3.90. The molecule has 0 saturated carbocycles. The number of nitrogens with zero attached hydrogens (tertiary/aromatic N) is 1. The lowest BCUT2D eigenvalue weighted by atomic mass is 9.72. The summed E-state index contributed by atoms with van der Waals surface area (Å²) in [4.78, 5) is 34.3. The lowest BCUT2D eigenvalue weighted by Crippen LogP contribution is -2.72. The van der Waals surface area contributed by atoms with E-state index in [0.717, 1.165) is 0 Å². The number of carbonyl (C=O) groups excluding carboxylic acids is 2.